The van der Waals surface area contributed by atoms with Crippen molar-refractivity contribution in [1.29, 1.82) is 0 Å². The van der Waals surface area contributed by atoms with Gasteiger partial charge in [-0.05, 0) is 24.3 Å². The number of hydrogen-bond donors (Lipinski definition) is 2. The molecule has 94 valence electrons. The van der Waals surface area contributed by atoms with Gasteiger partial charge in [-0.15, -0.1) is 0 Å². The highest BCUT2D eigenvalue weighted by Gasteiger charge is 2.44. The Balaban J connectivity index is 2.40. The van der Waals surface area contributed by atoms with Gasteiger partial charge in [0.25, 0.3) is 0 Å². The number of aliphatic carboxylic acids is 1. The number of carboxylic acid groups (broad SMARTS) is 1. The van der Waals surface area contributed by atoms with E-state index in [4.69, 9.17) is 5.11 Å². The summed E-state index contributed by atoms with van der Waals surface area (Å²) in [7, 11) is 0. The van der Waals surface area contributed by atoms with E-state index in [0.717, 1.165) is 24.3 Å². The quantitative estimate of drug-likeness (QED) is 0.805. The highest BCUT2D eigenvalue weighted by Crippen LogP contribution is 2.26. The second kappa shape index (κ2) is 5.77. The van der Waals surface area contributed by atoms with Crippen LogP contribution in [0.25, 0.3) is 0 Å². The van der Waals surface area contributed by atoms with Gasteiger partial charge in [0.2, 0.25) is 0 Å². The SMILES string of the molecule is O=C(O)C(CNC1CCSCC1)C(F)(F)F. The van der Waals surface area contributed by atoms with Gasteiger partial charge in [0.15, 0.2) is 5.92 Å². The predicted molar refractivity (Wildman–Crippen MR) is 55.5 cm³/mol. The lowest BCUT2D eigenvalue weighted by Crippen LogP contribution is -2.43. The number of rotatable bonds is 4. The number of carbonyl (C=O) groups is 1. The molecular weight excluding hydrogens is 243 g/mol. The summed E-state index contributed by atoms with van der Waals surface area (Å²) in [6.45, 7) is -0.534. The third kappa shape index (κ3) is 4.21. The van der Waals surface area contributed by atoms with Crippen molar-refractivity contribution in [3.8, 4) is 0 Å². The molecule has 3 nitrogen and oxygen atoms in total. The fourth-order valence-electron chi connectivity index (χ4n) is 1.53. The van der Waals surface area contributed by atoms with E-state index in [1.165, 1.54) is 0 Å². The van der Waals surface area contributed by atoms with Crippen molar-refractivity contribution < 1.29 is 23.1 Å². The number of carboxylic acids is 1. The second-order valence-corrected chi connectivity index (χ2v) is 4.95. The second-order valence-electron chi connectivity index (χ2n) is 3.73. The maximum atomic E-state index is 12.3. The summed E-state index contributed by atoms with van der Waals surface area (Å²) >= 11 is 1.77. The van der Waals surface area contributed by atoms with Crippen molar-refractivity contribution in [2.24, 2.45) is 5.92 Å². The van der Waals surface area contributed by atoms with Crippen LogP contribution in [0.1, 0.15) is 12.8 Å². The molecule has 0 bridgehead atoms. The lowest BCUT2D eigenvalue weighted by Gasteiger charge is -2.25. The number of thioether (sulfide) groups is 1. The fraction of sp³-hybridized carbons (Fsp3) is 0.889. The van der Waals surface area contributed by atoms with Gasteiger partial charge in [-0.1, -0.05) is 0 Å². The average Bonchev–Trinajstić information content (AvgIpc) is 2.17. The van der Waals surface area contributed by atoms with Crippen LogP contribution in [0, 0.1) is 5.92 Å². The number of nitrogens with one attached hydrogen (secondary N) is 1. The fourth-order valence-corrected chi connectivity index (χ4v) is 2.64. The smallest absolute Gasteiger partial charge is 0.403 e. The normalized spacial score (nSPS) is 20.7. The van der Waals surface area contributed by atoms with Gasteiger partial charge in [-0.25, -0.2) is 0 Å². The first kappa shape index (κ1) is 13.6. The molecule has 1 rings (SSSR count). The molecule has 0 aromatic heterocycles. The molecule has 1 heterocycles. The first-order chi connectivity index (χ1) is 7.41. The maximum absolute atomic E-state index is 12.3. The Labute approximate surface area is 95.8 Å². The molecule has 1 saturated heterocycles. The molecule has 0 saturated carbocycles. The van der Waals surface area contributed by atoms with E-state index < -0.39 is 24.6 Å². The van der Waals surface area contributed by atoms with Crippen LogP contribution in [0.15, 0.2) is 0 Å². The van der Waals surface area contributed by atoms with E-state index >= 15 is 0 Å². The third-order valence-electron chi connectivity index (χ3n) is 2.53. The third-order valence-corrected chi connectivity index (χ3v) is 3.57. The minimum absolute atomic E-state index is 0.0189. The number of alkyl halides is 3. The van der Waals surface area contributed by atoms with E-state index in [2.05, 4.69) is 5.32 Å². The van der Waals surface area contributed by atoms with Crippen molar-refractivity contribution in [2.75, 3.05) is 18.1 Å². The van der Waals surface area contributed by atoms with Gasteiger partial charge in [0.1, 0.15) is 0 Å². The van der Waals surface area contributed by atoms with Crippen LogP contribution in [-0.2, 0) is 4.79 Å². The van der Waals surface area contributed by atoms with Gasteiger partial charge in [-0.2, -0.15) is 24.9 Å². The van der Waals surface area contributed by atoms with Crippen LogP contribution >= 0.6 is 11.8 Å². The molecule has 0 aromatic rings. The molecule has 0 radical (unpaired) electrons. The molecule has 1 atom stereocenters. The van der Waals surface area contributed by atoms with Gasteiger partial charge in [0.05, 0.1) is 0 Å². The van der Waals surface area contributed by atoms with Gasteiger partial charge >= 0.3 is 12.1 Å². The molecule has 2 N–H and O–H groups in total. The van der Waals surface area contributed by atoms with Gasteiger partial charge in [-0.3, -0.25) is 4.79 Å². The van der Waals surface area contributed by atoms with Crippen LogP contribution in [0.5, 0.6) is 0 Å². The Morgan fingerprint density at radius 2 is 2.00 bits per heavy atom. The zero-order valence-corrected chi connectivity index (χ0v) is 9.40. The Hall–Kier alpha value is -0.430. The Kier molecular flexibility index (Phi) is 4.91. The molecule has 0 aliphatic carbocycles. The summed E-state index contributed by atoms with van der Waals surface area (Å²) < 4.78 is 36.9. The van der Waals surface area contributed by atoms with Crippen LogP contribution in [0.3, 0.4) is 0 Å². The Morgan fingerprint density at radius 3 is 2.44 bits per heavy atom. The summed E-state index contributed by atoms with van der Waals surface area (Å²) in [6, 6.07) is 0.0189. The van der Waals surface area contributed by atoms with E-state index in [9.17, 15) is 18.0 Å². The predicted octanol–water partition coefficient (Wildman–Crippen LogP) is 1.73. The summed E-state index contributed by atoms with van der Waals surface area (Å²) in [5.41, 5.74) is 0. The molecule has 16 heavy (non-hydrogen) atoms. The number of halogens is 3. The van der Waals surface area contributed by atoms with Crippen LogP contribution < -0.4 is 5.32 Å². The zero-order chi connectivity index (χ0) is 12.2. The number of hydrogen-bond acceptors (Lipinski definition) is 3. The van der Waals surface area contributed by atoms with Crippen molar-refractivity contribution in [1.82, 2.24) is 5.32 Å². The van der Waals surface area contributed by atoms with Crippen molar-refractivity contribution in [2.45, 2.75) is 25.1 Å². The van der Waals surface area contributed by atoms with Gasteiger partial charge < -0.3 is 10.4 Å². The molecule has 0 amide bonds. The van der Waals surface area contributed by atoms with E-state index in [0.29, 0.717) is 0 Å². The molecule has 0 spiro atoms. The maximum Gasteiger partial charge on any atom is 0.403 e. The topological polar surface area (TPSA) is 49.3 Å². The van der Waals surface area contributed by atoms with Crippen molar-refractivity contribution in [3.05, 3.63) is 0 Å². The minimum Gasteiger partial charge on any atom is -0.481 e. The highest BCUT2D eigenvalue weighted by atomic mass is 32.2. The monoisotopic (exact) mass is 257 g/mol. The molecule has 0 aromatic carbocycles. The van der Waals surface area contributed by atoms with Crippen LogP contribution in [0.4, 0.5) is 13.2 Å². The average molecular weight is 257 g/mol. The highest BCUT2D eigenvalue weighted by molar-refractivity contribution is 7.99. The molecule has 7 heteroatoms. The zero-order valence-electron chi connectivity index (χ0n) is 8.59. The summed E-state index contributed by atoms with van der Waals surface area (Å²) in [5, 5.41) is 11.2. The first-order valence-electron chi connectivity index (χ1n) is 5.02. The largest absolute Gasteiger partial charge is 0.481 e. The Bertz CT molecular complexity index is 241. The van der Waals surface area contributed by atoms with Crippen molar-refractivity contribution in [3.63, 3.8) is 0 Å². The van der Waals surface area contributed by atoms with E-state index in [1.54, 1.807) is 11.8 Å². The van der Waals surface area contributed by atoms with Crippen LogP contribution in [-0.4, -0.2) is 41.3 Å². The Morgan fingerprint density at radius 1 is 1.44 bits per heavy atom. The molecule has 1 unspecified atom stereocenters. The molecular formula is C9H14F3NO2S. The minimum atomic E-state index is -4.68. The molecule has 1 aliphatic rings. The standard InChI is InChI=1S/C9H14F3NO2S/c10-9(11,12)7(8(14)15)5-13-6-1-3-16-4-2-6/h6-7,13H,1-5H2,(H,14,15). The van der Waals surface area contributed by atoms with E-state index in [-0.39, 0.29) is 6.04 Å². The lowest BCUT2D eigenvalue weighted by atomic mass is 10.1. The molecule has 1 aliphatic heterocycles. The first-order valence-corrected chi connectivity index (χ1v) is 6.17. The van der Waals surface area contributed by atoms with E-state index in [1.807, 2.05) is 0 Å². The van der Waals surface area contributed by atoms with Crippen LogP contribution in [0.2, 0.25) is 0 Å². The molecule has 1 fully saturated rings. The van der Waals surface area contributed by atoms with Crippen molar-refractivity contribution >= 4 is 17.7 Å². The lowest BCUT2D eigenvalue weighted by molar-refractivity contribution is -0.192. The summed E-state index contributed by atoms with van der Waals surface area (Å²) in [5.74, 6) is -2.28. The summed E-state index contributed by atoms with van der Waals surface area (Å²) in [4.78, 5) is 10.5. The summed E-state index contributed by atoms with van der Waals surface area (Å²) in [6.07, 6.45) is -3.08. The van der Waals surface area contributed by atoms with Gasteiger partial charge in [0, 0.05) is 12.6 Å².